The molecule has 6 rings (SSSR count). The summed E-state index contributed by atoms with van der Waals surface area (Å²) < 4.78 is 0. The van der Waals surface area contributed by atoms with Gasteiger partial charge < -0.3 is 9.62 Å². The summed E-state index contributed by atoms with van der Waals surface area (Å²) in [6.07, 6.45) is 13.4. The van der Waals surface area contributed by atoms with Gasteiger partial charge in [-0.25, -0.2) is 4.99 Å². The van der Waals surface area contributed by atoms with Gasteiger partial charge in [0, 0.05) is 28.7 Å². The second kappa shape index (κ2) is 8.81. The highest BCUT2D eigenvalue weighted by Gasteiger charge is 2.46. The summed E-state index contributed by atoms with van der Waals surface area (Å²) in [4.78, 5) is 9.23. The van der Waals surface area contributed by atoms with Crippen LogP contribution >= 0.6 is 0 Å². The topological polar surface area (TPSA) is 18.8 Å². The van der Waals surface area contributed by atoms with Gasteiger partial charge in [0.15, 0.2) is 0 Å². The molecule has 1 fully saturated rings. The number of fused-ring (bicyclic) bond motifs is 4. The van der Waals surface area contributed by atoms with Crippen molar-refractivity contribution in [3.8, 4) is 0 Å². The van der Waals surface area contributed by atoms with Gasteiger partial charge in [-0.05, 0) is 71.6 Å². The van der Waals surface area contributed by atoms with Crippen LogP contribution in [0.5, 0.6) is 0 Å². The van der Waals surface area contributed by atoms with E-state index < -0.39 is 0 Å². The molecule has 0 unspecified atom stereocenters. The number of amidine groups is 1. The van der Waals surface area contributed by atoms with Crippen molar-refractivity contribution >= 4 is 40.7 Å². The average molecular weight is 453 g/mol. The van der Waals surface area contributed by atoms with E-state index in [4.69, 9.17) is 4.99 Å². The molecule has 4 bridgehead atoms. The Morgan fingerprint density at radius 1 is 0.914 bits per heavy atom. The predicted octanol–water partition coefficient (Wildman–Crippen LogP) is 6.73. The first-order valence-electron chi connectivity index (χ1n) is 11.7. The van der Waals surface area contributed by atoms with E-state index in [0.29, 0.717) is 0 Å². The minimum atomic E-state index is -0.209. The van der Waals surface area contributed by atoms with E-state index in [-0.39, 0.29) is 6.98 Å². The minimum Gasteiger partial charge on any atom is -0.360 e. The number of benzene rings is 2. The largest absolute Gasteiger partial charge is 0.422 e. The third-order valence-electron chi connectivity index (χ3n) is 6.91. The first kappa shape index (κ1) is 22.5. The molecule has 0 spiro atoms. The first-order chi connectivity index (χ1) is 17.0. The quantitative estimate of drug-likeness (QED) is 0.478. The molecule has 2 aliphatic carbocycles. The SMILES string of the molecule is C=C/C=C1/C(=NC=C)N(C=C)B2c3ccccc3/C(C)=C3/C=C(C)c4ccc3c(c4)N2/C1=C/C=C. The van der Waals surface area contributed by atoms with Gasteiger partial charge in [-0.15, -0.1) is 0 Å². The smallest absolute Gasteiger partial charge is 0.360 e. The Hall–Kier alpha value is -4.31. The van der Waals surface area contributed by atoms with Crippen molar-refractivity contribution in [2.75, 3.05) is 4.81 Å². The van der Waals surface area contributed by atoms with Gasteiger partial charge in [-0.2, -0.15) is 0 Å². The molecule has 2 aliphatic heterocycles. The Balaban J connectivity index is 1.99. The standard InChI is InChI=1S/C31H28BN3/c1-7-13-26-29(14-8-2)35-30-20-23-17-18-25(30)27(19-21(23)5)22(6)24-15-11-12-16-28(24)32(35)34(10-4)31(26)33-9-3/h7-20H,1-4H2,5-6H3/b26-13+,27-22-,29-14+,33-31?. The van der Waals surface area contributed by atoms with E-state index in [0.717, 1.165) is 22.8 Å². The molecule has 1 saturated heterocycles. The van der Waals surface area contributed by atoms with Gasteiger partial charge >= 0.3 is 6.98 Å². The molecule has 170 valence electrons. The molecular weight excluding hydrogens is 425 g/mol. The molecule has 0 radical (unpaired) electrons. The Morgan fingerprint density at radius 2 is 1.69 bits per heavy atom. The van der Waals surface area contributed by atoms with Crippen LogP contribution in [0.1, 0.15) is 30.5 Å². The summed E-state index contributed by atoms with van der Waals surface area (Å²) in [6.45, 7) is 20.3. The van der Waals surface area contributed by atoms with Crippen molar-refractivity contribution < 1.29 is 0 Å². The molecule has 0 amide bonds. The van der Waals surface area contributed by atoms with Crippen molar-refractivity contribution in [2.24, 2.45) is 4.99 Å². The van der Waals surface area contributed by atoms with Crippen LogP contribution in [0.4, 0.5) is 5.69 Å². The van der Waals surface area contributed by atoms with Crippen molar-refractivity contribution in [2.45, 2.75) is 13.8 Å². The Bertz CT molecular complexity index is 1450. The van der Waals surface area contributed by atoms with Gasteiger partial charge in [0.25, 0.3) is 0 Å². The molecule has 4 heteroatoms. The molecular formula is C31H28BN3. The summed E-state index contributed by atoms with van der Waals surface area (Å²) in [5.41, 5.74) is 11.6. The number of nitrogens with zero attached hydrogens (tertiary/aromatic N) is 3. The normalized spacial score (nSPS) is 21.7. The average Bonchev–Trinajstić information content (AvgIpc) is 3.11. The zero-order valence-corrected chi connectivity index (χ0v) is 20.3. The van der Waals surface area contributed by atoms with E-state index >= 15 is 0 Å². The van der Waals surface area contributed by atoms with Crippen LogP contribution in [-0.2, 0) is 0 Å². The fourth-order valence-corrected chi connectivity index (χ4v) is 5.37. The number of allylic oxidation sites excluding steroid dienone is 8. The lowest BCUT2D eigenvalue weighted by Crippen LogP contribution is -2.65. The molecule has 0 aromatic heterocycles. The van der Waals surface area contributed by atoms with Crippen LogP contribution in [0.3, 0.4) is 0 Å². The van der Waals surface area contributed by atoms with E-state index in [2.05, 4.69) is 104 Å². The van der Waals surface area contributed by atoms with Crippen LogP contribution in [0.15, 0.2) is 128 Å². The maximum absolute atomic E-state index is 4.71. The minimum absolute atomic E-state index is 0.209. The second-order valence-corrected chi connectivity index (χ2v) is 8.76. The van der Waals surface area contributed by atoms with Crippen LogP contribution in [0, 0.1) is 0 Å². The second-order valence-electron chi connectivity index (χ2n) is 8.76. The molecule has 0 N–H and O–H groups in total. The van der Waals surface area contributed by atoms with Crippen molar-refractivity contribution in [3.63, 3.8) is 0 Å². The molecule has 2 heterocycles. The van der Waals surface area contributed by atoms with Crippen LogP contribution < -0.4 is 10.3 Å². The summed E-state index contributed by atoms with van der Waals surface area (Å²) in [5, 5.41) is 0. The van der Waals surface area contributed by atoms with Crippen LogP contribution in [0.25, 0.3) is 16.7 Å². The van der Waals surface area contributed by atoms with Crippen molar-refractivity contribution in [1.82, 2.24) is 4.81 Å². The van der Waals surface area contributed by atoms with Crippen molar-refractivity contribution in [3.05, 3.63) is 140 Å². The number of aliphatic imine (C=N–C) groups is 1. The third-order valence-corrected chi connectivity index (χ3v) is 6.91. The molecule has 4 aliphatic rings. The monoisotopic (exact) mass is 453 g/mol. The van der Waals surface area contributed by atoms with E-state index in [1.54, 1.807) is 12.3 Å². The highest BCUT2D eigenvalue weighted by Crippen LogP contribution is 2.45. The summed E-state index contributed by atoms with van der Waals surface area (Å²) >= 11 is 0. The van der Waals surface area contributed by atoms with Crippen LogP contribution in [0.2, 0.25) is 0 Å². The van der Waals surface area contributed by atoms with Crippen LogP contribution in [-0.4, -0.2) is 17.6 Å². The lowest BCUT2D eigenvalue weighted by atomic mass is 9.57. The predicted molar refractivity (Wildman–Crippen MR) is 153 cm³/mol. The van der Waals surface area contributed by atoms with Gasteiger partial charge in [0.2, 0.25) is 0 Å². The van der Waals surface area contributed by atoms with Gasteiger partial charge in [0.1, 0.15) is 5.84 Å². The summed E-state index contributed by atoms with van der Waals surface area (Å²) in [5.74, 6) is 0.767. The Kier molecular flexibility index (Phi) is 5.66. The zero-order valence-electron chi connectivity index (χ0n) is 20.3. The lowest BCUT2D eigenvalue weighted by Gasteiger charge is -2.47. The van der Waals surface area contributed by atoms with Gasteiger partial charge in [-0.1, -0.05) is 80.9 Å². The fourth-order valence-electron chi connectivity index (χ4n) is 5.37. The fraction of sp³-hybridized carbons (Fsp3) is 0.0645. The van der Waals surface area contributed by atoms with Crippen molar-refractivity contribution in [1.29, 1.82) is 0 Å². The maximum atomic E-state index is 4.71. The van der Waals surface area contributed by atoms with Gasteiger partial charge in [0.05, 0.1) is 0 Å². The molecule has 0 atom stereocenters. The summed E-state index contributed by atoms with van der Waals surface area (Å²) in [6, 6.07) is 15.4. The van der Waals surface area contributed by atoms with Gasteiger partial charge in [-0.3, -0.25) is 0 Å². The molecule has 2 aromatic rings. The number of anilines is 1. The number of hydrogen-bond acceptors (Lipinski definition) is 2. The Morgan fingerprint density at radius 3 is 2.40 bits per heavy atom. The third kappa shape index (κ3) is 3.33. The van der Waals surface area contributed by atoms with E-state index in [1.165, 1.54) is 38.9 Å². The molecule has 0 saturated carbocycles. The number of hydrogen-bond donors (Lipinski definition) is 0. The molecule has 3 nitrogen and oxygen atoms in total. The highest BCUT2D eigenvalue weighted by molar-refractivity contribution is 6.79. The summed E-state index contributed by atoms with van der Waals surface area (Å²) in [7, 11) is 0. The van der Waals surface area contributed by atoms with E-state index in [9.17, 15) is 0 Å². The molecule has 35 heavy (non-hydrogen) atoms. The maximum Gasteiger partial charge on any atom is 0.422 e. The Labute approximate surface area is 208 Å². The first-order valence-corrected chi connectivity index (χ1v) is 11.7. The lowest BCUT2D eigenvalue weighted by molar-refractivity contribution is 0.827. The zero-order chi connectivity index (χ0) is 24.7. The highest BCUT2D eigenvalue weighted by atomic mass is 15.3. The number of rotatable bonds is 4. The van der Waals surface area contributed by atoms with E-state index in [1.807, 2.05) is 18.4 Å². The molecule has 2 aromatic carbocycles.